The standard InChI is InChI=1S/C16H20N2O3/c1-4-20-16(19)14-9-13(5-6-15(14)17)18(3)10-12-7-8-21-11(12)2/h5-9H,4,10,17H2,1-3H3. The Labute approximate surface area is 124 Å². The molecule has 1 heterocycles. The fourth-order valence-electron chi connectivity index (χ4n) is 2.09. The second kappa shape index (κ2) is 6.35. The van der Waals surface area contributed by atoms with E-state index in [0.29, 0.717) is 24.4 Å². The largest absolute Gasteiger partial charge is 0.469 e. The summed E-state index contributed by atoms with van der Waals surface area (Å²) in [6, 6.07) is 7.30. The fraction of sp³-hybridized carbons (Fsp3) is 0.312. The first-order valence-corrected chi connectivity index (χ1v) is 6.83. The summed E-state index contributed by atoms with van der Waals surface area (Å²) < 4.78 is 10.3. The molecule has 0 radical (unpaired) electrons. The van der Waals surface area contributed by atoms with Crippen molar-refractivity contribution >= 4 is 17.3 Å². The maximum Gasteiger partial charge on any atom is 0.340 e. The normalized spacial score (nSPS) is 10.4. The van der Waals surface area contributed by atoms with E-state index in [-0.39, 0.29) is 0 Å². The average Bonchev–Trinajstić information content (AvgIpc) is 2.85. The van der Waals surface area contributed by atoms with Gasteiger partial charge in [-0.05, 0) is 38.1 Å². The van der Waals surface area contributed by atoms with Crippen molar-refractivity contribution in [2.24, 2.45) is 0 Å². The van der Waals surface area contributed by atoms with Crippen molar-refractivity contribution in [2.75, 3.05) is 24.3 Å². The number of nitrogens with zero attached hydrogens (tertiary/aromatic N) is 1. The Bertz CT molecular complexity index is 634. The average molecular weight is 288 g/mol. The van der Waals surface area contributed by atoms with Gasteiger partial charge in [0.25, 0.3) is 0 Å². The van der Waals surface area contributed by atoms with Crippen molar-refractivity contribution < 1.29 is 13.9 Å². The molecule has 0 bridgehead atoms. The number of ether oxygens (including phenoxy) is 1. The van der Waals surface area contributed by atoms with Crippen LogP contribution in [-0.4, -0.2) is 19.6 Å². The van der Waals surface area contributed by atoms with E-state index in [0.717, 1.165) is 17.0 Å². The molecule has 0 aliphatic rings. The topological polar surface area (TPSA) is 68.7 Å². The number of furan rings is 1. The first-order chi connectivity index (χ1) is 10.0. The molecular weight excluding hydrogens is 268 g/mol. The summed E-state index contributed by atoms with van der Waals surface area (Å²) in [7, 11) is 1.95. The molecule has 0 saturated carbocycles. The van der Waals surface area contributed by atoms with Gasteiger partial charge in [0.15, 0.2) is 0 Å². The minimum Gasteiger partial charge on any atom is -0.469 e. The van der Waals surface area contributed by atoms with Crippen molar-refractivity contribution in [1.29, 1.82) is 0 Å². The first kappa shape index (κ1) is 15.0. The third kappa shape index (κ3) is 3.37. The number of carbonyl (C=O) groups is 1. The molecule has 112 valence electrons. The van der Waals surface area contributed by atoms with Gasteiger partial charge in [0.2, 0.25) is 0 Å². The van der Waals surface area contributed by atoms with Crippen LogP contribution in [0.2, 0.25) is 0 Å². The molecule has 2 aromatic rings. The molecule has 0 spiro atoms. The Morgan fingerprint density at radius 3 is 2.76 bits per heavy atom. The highest BCUT2D eigenvalue weighted by Crippen LogP contribution is 2.23. The van der Waals surface area contributed by atoms with E-state index >= 15 is 0 Å². The van der Waals surface area contributed by atoms with E-state index in [4.69, 9.17) is 14.9 Å². The molecule has 0 aliphatic heterocycles. The highest BCUT2D eigenvalue weighted by atomic mass is 16.5. The van der Waals surface area contributed by atoms with E-state index in [9.17, 15) is 4.79 Å². The molecule has 5 nitrogen and oxygen atoms in total. The number of hydrogen-bond donors (Lipinski definition) is 1. The number of carbonyl (C=O) groups excluding carboxylic acids is 1. The van der Waals surface area contributed by atoms with E-state index in [1.54, 1.807) is 25.3 Å². The third-order valence-electron chi connectivity index (χ3n) is 3.35. The van der Waals surface area contributed by atoms with Crippen LogP contribution in [0.25, 0.3) is 0 Å². The molecule has 0 amide bonds. The van der Waals surface area contributed by atoms with E-state index in [2.05, 4.69) is 0 Å². The van der Waals surface area contributed by atoms with Gasteiger partial charge in [-0.15, -0.1) is 0 Å². The van der Waals surface area contributed by atoms with Gasteiger partial charge in [0, 0.05) is 30.5 Å². The number of aryl methyl sites for hydroxylation is 1. The molecule has 0 atom stereocenters. The Kier molecular flexibility index (Phi) is 4.52. The number of nitrogens with two attached hydrogens (primary N) is 1. The highest BCUT2D eigenvalue weighted by Gasteiger charge is 2.14. The summed E-state index contributed by atoms with van der Waals surface area (Å²) in [5, 5.41) is 0. The summed E-state index contributed by atoms with van der Waals surface area (Å²) in [4.78, 5) is 13.9. The summed E-state index contributed by atoms with van der Waals surface area (Å²) in [5.41, 5.74) is 8.66. The highest BCUT2D eigenvalue weighted by molar-refractivity contribution is 5.96. The fourth-order valence-corrected chi connectivity index (χ4v) is 2.09. The predicted molar refractivity (Wildman–Crippen MR) is 82.4 cm³/mol. The van der Waals surface area contributed by atoms with Crippen LogP contribution in [0.15, 0.2) is 34.9 Å². The lowest BCUT2D eigenvalue weighted by molar-refractivity contribution is 0.0527. The Morgan fingerprint density at radius 1 is 1.38 bits per heavy atom. The van der Waals surface area contributed by atoms with E-state index in [1.165, 1.54) is 0 Å². The van der Waals surface area contributed by atoms with Crippen LogP contribution in [0.4, 0.5) is 11.4 Å². The molecule has 5 heteroatoms. The number of benzene rings is 1. The lowest BCUT2D eigenvalue weighted by Gasteiger charge is -2.20. The molecule has 0 saturated heterocycles. The number of rotatable bonds is 5. The van der Waals surface area contributed by atoms with Crippen molar-refractivity contribution in [3.05, 3.63) is 47.4 Å². The maximum absolute atomic E-state index is 11.9. The van der Waals surface area contributed by atoms with Crippen LogP contribution in [0.3, 0.4) is 0 Å². The second-order valence-electron chi connectivity index (χ2n) is 4.85. The van der Waals surface area contributed by atoms with Gasteiger partial charge in [0.1, 0.15) is 5.76 Å². The second-order valence-corrected chi connectivity index (χ2v) is 4.85. The van der Waals surface area contributed by atoms with E-state index < -0.39 is 5.97 Å². The lowest BCUT2D eigenvalue weighted by atomic mass is 10.1. The van der Waals surface area contributed by atoms with Crippen molar-refractivity contribution in [2.45, 2.75) is 20.4 Å². The quantitative estimate of drug-likeness (QED) is 0.676. The predicted octanol–water partition coefficient (Wildman–Crippen LogP) is 2.98. The van der Waals surface area contributed by atoms with Crippen LogP contribution in [0.1, 0.15) is 28.6 Å². The third-order valence-corrected chi connectivity index (χ3v) is 3.35. The van der Waals surface area contributed by atoms with Crippen LogP contribution in [0.5, 0.6) is 0 Å². The first-order valence-electron chi connectivity index (χ1n) is 6.83. The molecule has 2 N–H and O–H groups in total. The van der Waals surface area contributed by atoms with Crippen LogP contribution >= 0.6 is 0 Å². The minimum absolute atomic E-state index is 0.326. The lowest BCUT2D eigenvalue weighted by Crippen LogP contribution is -2.18. The zero-order valence-corrected chi connectivity index (χ0v) is 12.6. The Morgan fingerprint density at radius 2 is 2.14 bits per heavy atom. The summed E-state index contributed by atoms with van der Waals surface area (Å²) >= 11 is 0. The van der Waals surface area contributed by atoms with Gasteiger partial charge in [-0.25, -0.2) is 4.79 Å². The number of anilines is 2. The molecule has 1 aromatic carbocycles. The van der Waals surface area contributed by atoms with Crippen molar-refractivity contribution in [3.8, 4) is 0 Å². The van der Waals surface area contributed by atoms with Gasteiger partial charge in [0.05, 0.1) is 18.4 Å². The van der Waals surface area contributed by atoms with Gasteiger partial charge < -0.3 is 19.8 Å². The molecule has 2 rings (SSSR count). The van der Waals surface area contributed by atoms with Crippen LogP contribution in [0, 0.1) is 6.92 Å². The molecular formula is C16H20N2O3. The van der Waals surface area contributed by atoms with Crippen LogP contribution in [-0.2, 0) is 11.3 Å². The monoisotopic (exact) mass is 288 g/mol. The summed E-state index contributed by atoms with van der Waals surface area (Å²) in [6.07, 6.45) is 1.67. The smallest absolute Gasteiger partial charge is 0.340 e. The van der Waals surface area contributed by atoms with Gasteiger partial charge in [-0.3, -0.25) is 0 Å². The summed E-state index contributed by atoms with van der Waals surface area (Å²) in [6.45, 7) is 4.71. The molecule has 0 fully saturated rings. The Balaban J connectivity index is 2.22. The molecule has 0 unspecified atom stereocenters. The number of esters is 1. The molecule has 1 aromatic heterocycles. The number of nitrogen functional groups attached to an aromatic ring is 1. The summed E-state index contributed by atoms with van der Waals surface area (Å²) in [5.74, 6) is 0.493. The number of hydrogen-bond acceptors (Lipinski definition) is 5. The SMILES string of the molecule is CCOC(=O)c1cc(N(C)Cc2ccoc2C)ccc1N. The zero-order chi connectivity index (χ0) is 15.4. The van der Waals surface area contributed by atoms with Crippen LogP contribution < -0.4 is 10.6 Å². The minimum atomic E-state index is -0.398. The Hall–Kier alpha value is -2.43. The van der Waals surface area contributed by atoms with Crippen molar-refractivity contribution in [1.82, 2.24) is 0 Å². The maximum atomic E-state index is 11.9. The molecule has 21 heavy (non-hydrogen) atoms. The van der Waals surface area contributed by atoms with Gasteiger partial charge >= 0.3 is 5.97 Å². The van der Waals surface area contributed by atoms with Crippen molar-refractivity contribution in [3.63, 3.8) is 0 Å². The van der Waals surface area contributed by atoms with Gasteiger partial charge in [-0.2, -0.15) is 0 Å². The zero-order valence-electron chi connectivity index (χ0n) is 12.6. The molecule has 0 aliphatic carbocycles. The van der Waals surface area contributed by atoms with Gasteiger partial charge in [-0.1, -0.05) is 0 Å². The van der Waals surface area contributed by atoms with E-state index in [1.807, 2.05) is 31.0 Å².